The number of aliphatic hydroxyl groups is 1. The van der Waals surface area contributed by atoms with Gasteiger partial charge in [-0.2, -0.15) is 0 Å². The molecule has 0 aliphatic carbocycles. The monoisotopic (exact) mass is 449 g/mol. The highest BCUT2D eigenvalue weighted by Crippen LogP contribution is 2.32. The molecule has 2 atom stereocenters. The van der Waals surface area contributed by atoms with Crippen LogP contribution in [0.25, 0.3) is 11.1 Å². The molecule has 0 saturated carbocycles. The Balaban J connectivity index is 1.61. The number of aryl methyl sites for hydroxylation is 2. The van der Waals surface area contributed by atoms with Gasteiger partial charge in [-0.1, -0.05) is 18.2 Å². The van der Waals surface area contributed by atoms with Crippen molar-refractivity contribution in [2.75, 3.05) is 13.2 Å². The number of carbonyl (C=O) groups excluding carboxylic acids is 1. The van der Waals surface area contributed by atoms with Gasteiger partial charge in [0.2, 0.25) is 0 Å². The van der Waals surface area contributed by atoms with Gasteiger partial charge in [0.05, 0.1) is 11.7 Å². The number of phenols is 2. The lowest BCUT2D eigenvalue weighted by Crippen LogP contribution is -2.35. The predicted molar refractivity (Wildman–Crippen MR) is 129 cm³/mol. The van der Waals surface area contributed by atoms with Gasteiger partial charge in [-0.05, 0) is 91.9 Å². The molecule has 0 amide bonds. The standard InChI is InChI=1S/C27H31NO5/c1-16-13-22(21-7-10-25(31)24(15-21)19(4)29)14-17(2)27(16)33-12-11-28-18(3)26(32)20-5-8-23(30)9-6-20/h5-10,13-15,18,26,28,30-32H,11-12H2,1-4H3/t18-,26-/m0/s1. The number of aromatic hydroxyl groups is 2. The van der Waals surface area contributed by atoms with Gasteiger partial charge >= 0.3 is 0 Å². The first-order valence-corrected chi connectivity index (χ1v) is 11.0. The summed E-state index contributed by atoms with van der Waals surface area (Å²) in [6, 6.07) is 15.4. The third-order valence-electron chi connectivity index (χ3n) is 5.69. The van der Waals surface area contributed by atoms with Crippen molar-refractivity contribution in [3.05, 3.63) is 76.9 Å². The second-order valence-corrected chi connectivity index (χ2v) is 8.35. The minimum absolute atomic E-state index is 0.0168. The molecule has 3 rings (SSSR count). The second kappa shape index (κ2) is 10.5. The van der Waals surface area contributed by atoms with E-state index < -0.39 is 6.10 Å². The maximum Gasteiger partial charge on any atom is 0.163 e. The third kappa shape index (κ3) is 5.92. The van der Waals surface area contributed by atoms with E-state index in [2.05, 4.69) is 5.32 Å². The molecule has 0 saturated heterocycles. The highest BCUT2D eigenvalue weighted by molar-refractivity contribution is 5.98. The van der Waals surface area contributed by atoms with Crippen molar-refractivity contribution in [2.45, 2.75) is 39.8 Å². The summed E-state index contributed by atoms with van der Waals surface area (Å²) in [4.78, 5) is 11.8. The Morgan fingerprint density at radius 3 is 2.21 bits per heavy atom. The Labute approximate surface area is 194 Å². The molecular formula is C27H31NO5. The molecule has 174 valence electrons. The largest absolute Gasteiger partial charge is 0.508 e. The molecule has 0 heterocycles. The van der Waals surface area contributed by atoms with Crippen LogP contribution in [0.15, 0.2) is 54.6 Å². The topological polar surface area (TPSA) is 99.0 Å². The number of Topliss-reactive ketones (excluding diaryl/α,β-unsaturated/α-hetero) is 1. The molecule has 0 fully saturated rings. The summed E-state index contributed by atoms with van der Waals surface area (Å²) in [6.07, 6.45) is -0.696. The Morgan fingerprint density at radius 1 is 0.970 bits per heavy atom. The molecule has 6 heteroatoms. The lowest BCUT2D eigenvalue weighted by atomic mass is 9.97. The van der Waals surface area contributed by atoms with Gasteiger partial charge in [-0.25, -0.2) is 0 Å². The van der Waals surface area contributed by atoms with Crippen molar-refractivity contribution in [3.8, 4) is 28.4 Å². The summed E-state index contributed by atoms with van der Waals surface area (Å²) >= 11 is 0. The molecule has 6 nitrogen and oxygen atoms in total. The quantitative estimate of drug-likeness (QED) is 0.280. The van der Waals surface area contributed by atoms with Crippen molar-refractivity contribution in [3.63, 3.8) is 0 Å². The van der Waals surface area contributed by atoms with Gasteiger partial charge in [0.15, 0.2) is 5.78 Å². The minimum atomic E-state index is -0.696. The summed E-state index contributed by atoms with van der Waals surface area (Å²) in [7, 11) is 0. The van der Waals surface area contributed by atoms with E-state index in [1.54, 1.807) is 42.5 Å². The van der Waals surface area contributed by atoms with Gasteiger partial charge in [-0.15, -0.1) is 0 Å². The fourth-order valence-corrected chi connectivity index (χ4v) is 3.85. The Kier molecular flexibility index (Phi) is 7.74. The van der Waals surface area contributed by atoms with Gasteiger partial charge in [-0.3, -0.25) is 4.79 Å². The van der Waals surface area contributed by atoms with Crippen molar-refractivity contribution in [2.24, 2.45) is 0 Å². The van der Waals surface area contributed by atoms with Gasteiger partial charge < -0.3 is 25.4 Å². The van der Waals surface area contributed by atoms with Crippen LogP contribution in [0.1, 0.15) is 47.0 Å². The molecule has 0 aliphatic rings. The number of phenolic OH excluding ortho intramolecular Hbond substituents is 2. The lowest BCUT2D eigenvalue weighted by molar-refractivity contribution is 0.101. The summed E-state index contributed by atoms with van der Waals surface area (Å²) in [5, 5.41) is 33.0. The van der Waals surface area contributed by atoms with Crippen LogP contribution in [0, 0.1) is 13.8 Å². The number of hydrogen-bond donors (Lipinski definition) is 4. The van der Waals surface area contributed by atoms with Crippen molar-refractivity contribution >= 4 is 5.78 Å². The number of carbonyl (C=O) groups is 1. The molecule has 0 spiro atoms. The van der Waals surface area contributed by atoms with Crippen LogP contribution in [-0.4, -0.2) is 40.3 Å². The number of rotatable bonds is 9. The summed E-state index contributed by atoms with van der Waals surface area (Å²) in [5.74, 6) is 0.774. The van der Waals surface area contributed by atoms with E-state index in [-0.39, 0.29) is 23.3 Å². The zero-order valence-electron chi connectivity index (χ0n) is 19.4. The fraction of sp³-hybridized carbons (Fsp3) is 0.296. The van der Waals surface area contributed by atoms with Crippen molar-refractivity contribution < 1.29 is 24.9 Å². The van der Waals surface area contributed by atoms with Crippen LogP contribution in [0.5, 0.6) is 17.2 Å². The number of nitrogens with one attached hydrogen (secondary N) is 1. The Morgan fingerprint density at radius 2 is 1.61 bits per heavy atom. The zero-order chi connectivity index (χ0) is 24.1. The molecule has 3 aromatic rings. The molecule has 0 bridgehead atoms. The van der Waals surface area contributed by atoms with Gasteiger partial charge in [0, 0.05) is 12.6 Å². The van der Waals surface area contributed by atoms with E-state index >= 15 is 0 Å². The Bertz CT molecular complexity index is 1100. The van der Waals surface area contributed by atoms with E-state index in [9.17, 15) is 20.1 Å². The molecule has 0 unspecified atom stereocenters. The minimum Gasteiger partial charge on any atom is -0.508 e. The molecule has 0 radical (unpaired) electrons. The number of aliphatic hydroxyl groups excluding tert-OH is 1. The summed E-state index contributed by atoms with van der Waals surface area (Å²) < 4.78 is 6.02. The number of ketones is 1. The molecule has 4 N–H and O–H groups in total. The van der Waals surface area contributed by atoms with Crippen LogP contribution in [0.4, 0.5) is 0 Å². The maximum absolute atomic E-state index is 11.8. The van der Waals surface area contributed by atoms with E-state index in [1.165, 1.54) is 6.92 Å². The van der Waals surface area contributed by atoms with Gasteiger partial charge in [0.1, 0.15) is 23.9 Å². The second-order valence-electron chi connectivity index (χ2n) is 8.35. The third-order valence-corrected chi connectivity index (χ3v) is 5.69. The number of ether oxygens (including phenoxy) is 1. The van der Waals surface area contributed by atoms with E-state index in [4.69, 9.17) is 4.74 Å². The van der Waals surface area contributed by atoms with Crippen LogP contribution < -0.4 is 10.1 Å². The van der Waals surface area contributed by atoms with Gasteiger partial charge in [0.25, 0.3) is 0 Å². The first-order chi connectivity index (χ1) is 15.7. The zero-order valence-corrected chi connectivity index (χ0v) is 19.4. The molecule has 0 aliphatic heterocycles. The Hall–Kier alpha value is -3.35. The average Bonchev–Trinajstić information content (AvgIpc) is 2.78. The van der Waals surface area contributed by atoms with E-state index in [0.29, 0.717) is 18.7 Å². The van der Waals surface area contributed by atoms with Crippen LogP contribution >= 0.6 is 0 Å². The average molecular weight is 450 g/mol. The molecule has 0 aromatic heterocycles. The van der Waals surface area contributed by atoms with Crippen LogP contribution in [0.2, 0.25) is 0 Å². The number of benzene rings is 3. The predicted octanol–water partition coefficient (Wildman–Crippen LogP) is 4.67. The smallest absolute Gasteiger partial charge is 0.163 e. The summed E-state index contributed by atoms with van der Waals surface area (Å²) in [6.45, 7) is 8.27. The number of hydrogen-bond acceptors (Lipinski definition) is 6. The highest BCUT2D eigenvalue weighted by Gasteiger charge is 2.16. The molecule has 3 aromatic carbocycles. The SMILES string of the molecule is CC(=O)c1cc(-c2cc(C)c(OCCN[C@@H](C)[C@H](O)c3ccc(O)cc3)c(C)c2)ccc1O. The first kappa shape index (κ1) is 24.3. The van der Waals surface area contributed by atoms with Crippen molar-refractivity contribution in [1.29, 1.82) is 0 Å². The van der Waals surface area contributed by atoms with E-state index in [1.807, 2.05) is 32.9 Å². The highest BCUT2D eigenvalue weighted by atomic mass is 16.5. The lowest BCUT2D eigenvalue weighted by Gasteiger charge is -2.21. The maximum atomic E-state index is 11.8. The summed E-state index contributed by atoms with van der Waals surface area (Å²) in [5.41, 5.74) is 4.79. The van der Waals surface area contributed by atoms with E-state index in [0.717, 1.165) is 33.6 Å². The molecule has 33 heavy (non-hydrogen) atoms. The van der Waals surface area contributed by atoms with Crippen LogP contribution in [0.3, 0.4) is 0 Å². The molecular weight excluding hydrogens is 418 g/mol. The normalized spacial score (nSPS) is 12.9. The van der Waals surface area contributed by atoms with Crippen molar-refractivity contribution in [1.82, 2.24) is 5.32 Å². The van der Waals surface area contributed by atoms with Crippen LogP contribution in [-0.2, 0) is 0 Å². The fourth-order valence-electron chi connectivity index (χ4n) is 3.85. The first-order valence-electron chi connectivity index (χ1n) is 11.0.